The van der Waals surface area contributed by atoms with Gasteiger partial charge in [0.1, 0.15) is 5.92 Å². The van der Waals surface area contributed by atoms with Gasteiger partial charge in [-0.1, -0.05) is 19.0 Å². The molecule has 17 heavy (non-hydrogen) atoms. The molecule has 0 aromatic rings. The third-order valence-corrected chi connectivity index (χ3v) is 2.46. The van der Waals surface area contributed by atoms with Crippen molar-refractivity contribution in [3.63, 3.8) is 0 Å². The van der Waals surface area contributed by atoms with Crippen LogP contribution in [0.5, 0.6) is 0 Å². The van der Waals surface area contributed by atoms with Crippen molar-refractivity contribution in [2.45, 2.75) is 26.7 Å². The summed E-state index contributed by atoms with van der Waals surface area (Å²) in [5, 5.41) is 14.3. The summed E-state index contributed by atoms with van der Waals surface area (Å²) in [5.41, 5.74) is 5.49. The van der Waals surface area contributed by atoms with Crippen molar-refractivity contribution in [2.75, 3.05) is 20.3 Å². The third kappa shape index (κ3) is 6.11. The number of nitrogens with zero attached hydrogens (tertiary/aromatic N) is 1. The number of nitrogens with one attached hydrogen (secondary N) is 1. The Labute approximate surface area is 102 Å². The summed E-state index contributed by atoms with van der Waals surface area (Å²) >= 11 is 0. The average molecular weight is 245 g/mol. The lowest BCUT2D eigenvalue weighted by Gasteiger charge is -2.18. The van der Waals surface area contributed by atoms with E-state index in [2.05, 4.69) is 10.5 Å². The Balaban J connectivity index is 4.08. The molecule has 1 amide bonds. The van der Waals surface area contributed by atoms with Crippen LogP contribution in [-0.4, -0.2) is 37.2 Å². The minimum absolute atomic E-state index is 0.00937. The average Bonchev–Trinajstić information content (AvgIpc) is 2.28. The fourth-order valence-electron chi connectivity index (χ4n) is 1.53. The monoisotopic (exact) mass is 245 g/mol. The fraction of sp³-hybridized carbons (Fsp3) is 0.818. The molecule has 4 N–H and O–H groups in total. The topological polar surface area (TPSA) is 96.9 Å². The molecule has 0 spiro atoms. The van der Waals surface area contributed by atoms with Crippen LogP contribution in [0.25, 0.3) is 0 Å². The van der Waals surface area contributed by atoms with E-state index in [4.69, 9.17) is 15.7 Å². The second kappa shape index (κ2) is 8.81. The number of hydrogen-bond donors (Lipinski definition) is 3. The van der Waals surface area contributed by atoms with Crippen LogP contribution in [0.3, 0.4) is 0 Å². The molecule has 0 rings (SSSR count). The van der Waals surface area contributed by atoms with Gasteiger partial charge < -0.3 is 21.0 Å². The molecule has 0 aliphatic rings. The summed E-state index contributed by atoms with van der Waals surface area (Å²) < 4.78 is 4.91. The molecule has 1 unspecified atom stereocenters. The van der Waals surface area contributed by atoms with Crippen molar-refractivity contribution in [1.82, 2.24) is 5.32 Å². The summed E-state index contributed by atoms with van der Waals surface area (Å²) in [4.78, 5) is 11.8. The minimum Gasteiger partial charge on any atom is -0.409 e. The first-order valence-electron chi connectivity index (χ1n) is 5.78. The maximum Gasteiger partial charge on any atom is 0.231 e. The van der Waals surface area contributed by atoms with Gasteiger partial charge in [0.2, 0.25) is 5.91 Å². The minimum atomic E-state index is -0.581. The van der Waals surface area contributed by atoms with Gasteiger partial charge in [-0.25, -0.2) is 0 Å². The molecule has 0 aliphatic heterocycles. The largest absolute Gasteiger partial charge is 0.409 e. The molecule has 100 valence electrons. The molecule has 0 aromatic carbocycles. The first-order valence-corrected chi connectivity index (χ1v) is 5.78. The van der Waals surface area contributed by atoms with Gasteiger partial charge in [-0.2, -0.15) is 0 Å². The van der Waals surface area contributed by atoms with E-state index in [1.165, 1.54) is 0 Å². The van der Waals surface area contributed by atoms with E-state index in [1.54, 1.807) is 7.11 Å². The molecule has 0 heterocycles. The van der Waals surface area contributed by atoms with Crippen LogP contribution in [0.15, 0.2) is 5.16 Å². The number of hydrogen-bond acceptors (Lipinski definition) is 4. The highest BCUT2D eigenvalue weighted by Crippen LogP contribution is 2.11. The van der Waals surface area contributed by atoms with Gasteiger partial charge >= 0.3 is 0 Å². The standard InChI is InChI=1S/C11H23N3O3/c1-8(2)9(10(12)14-16)11(15)13-6-4-5-7-17-3/h8-9,16H,4-7H2,1-3H3,(H2,12,14)(H,13,15). The SMILES string of the molecule is COCCCCNC(=O)C(C(N)=NO)C(C)C. The Morgan fingerprint density at radius 1 is 1.47 bits per heavy atom. The van der Waals surface area contributed by atoms with Crippen molar-refractivity contribution in [3.05, 3.63) is 0 Å². The number of rotatable bonds is 8. The molecule has 0 radical (unpaired) electrons. The molecule has 1 atom stereocenters. The van der Waals surface area contributed by atoms with Gasteiger partial charge in [0.15, 0.2) is 5.84 Å². The molecular formula is C11H23N3O3. The van der Waals surface area contributed by atoms with E-state index in [9.17, 15) is 4.79 Å². The lowest BCUT2D eigenvalue weighted by atomic mass is 9.94. The number of amidine groups is 1. The Morgan fingerprint density at radius 3 is 2.59 bits per heavy atom. The van der Waals surface area contributed by atoms with Crippen LogP contribution in [0.2, 0.25) is 0 Å². The number of unbranched alkanes of at least 4 members (excludes halogenated alkanes) is 1. The molecule has 0 aliphatic carbocycles. The van der Waals surface area contributed by atoms with Crippen LogP contribution >= 0.6 is 0 Å². The number of carbonyl (C=O) groups excluding carboxylic acids is 1. The Hall–Kier alpha value is -1.30. The molecule has 0 saturated carbocycles. The van der Waals surface area contributed by atoms with Crippen LogP contribution in [0.1, 0.15) is 26.7 Å². The van der Waals surface area contributed by atoms with Crippen molar-refractivity contribution < 1.29 is 14.7 Å². The Bertz CT molecular complexity index is 254. The second-order valence-electron chi connectivity index (χ2n) is 4.24. The third-order valence-electron chi connectivity index (χ3n) is 2.46. The fourth-order valence-corrected chi connectivity index (χ4v) is 1.53. The first-order chi connectivity index (χ1) is 8.04. The highest BCUT2D eigenvalue weighted by molar-refractivity contribution is 6.02. The molecule has 0 saturated heterocycles. The Morgan fingerprint density at radius 2 is 2.12 bits per heavy atom. The summed E-state index contributed by atoms with van der Waals surface area (Å²) in [7, 11) is 1.64. The van der Waals surface area contributed by atoms with E-state index in [1.807, 2.05) is 13.8 Å². The maximum absolute atomic E-state index is 11.8. The maximum atomic E-state index is 11.8. The predicted molar refractivity (Wildman–Crippen MR) is 65.9 cm³/mol. The van der Waals surface area contributed by atoms with Gasteiger partial charge in [0, 0.05) is 20.3 Å². The summed E-state index contributed by atoms with van der Waals surface area (Å²) in [6.07, 6.45) is 1.74. The highest BCUT2D eigenvalue weighted by atomic mass is 16.5. The summed E-state index contributed by atoms with van der Waals surface area (Å²) in [6, 6.07) is 0. The van der Waals surface area contributed by atoms with Gasteiger partial charge in [-0.3, -0.25) is 4.79 Å². The van der Waals surface area contributed by atoms with Gasteiger partial charge in [-0.15, -0.1) is 0 Å². The normalized spacial score (nSPS) is 13.8. The number of ether oxygens (including phenoxy) is 1. The van der Waals surface area contributed by atoms with Crippen molar-refractivity contribution in [2.24, 2.45) is 22.7 Å². The van der Waals surface area contributed by atoms with Gasteiger partial charge in [0.25, 0.3) is 0 Å². The second-order valence-corrected chi connectivity index (χ2v) is 4.24. The van der Waals surface area contributed by atoms with Crippen LogP contribution in [-0.2, 0) is 9.53 Å². The number of amides is 1. The molecule has 6 heteroatoms. The Kier molecular flexibility index (Phi) is 8.13. The molecule has 6 nitrogen and oxygen atoms in total. The van der Waals surface area contributed by atoms with Gasteiger partial charge in [0.05, 0.1) is 0 Å². The quantitative estimate of drug-likeness (QED) is 0.191. The number of methoxy groups -OCH3 is 1. The first kappa shape index (κ1) is 15.7. The van der Waals surface area contributed by atoms with E-state index in [0.717, 1.165) is 12.8 Å². The molecule has 0 fully saturated rings. The van der Waals surface area contributed by atoms with E-state index in [-0.39, 0.29) is 17.7 Å². The van der Waals surface area contributed by atoms with Crippen molar-refractivity contribution >= 4 is 11.7 Å². The van der Waals surface area contributed by atoms with E-state index < -0.39 is 5.92 Å². The van der Waals surface area contributed by atoms with Crippen LogP contribution < -0.4 is 11.1 Å². The summed E-state index contributed by atoms with van der Waals surface area (Å²) in [6.45, 7) is 4.97. The van der Waals surface area contributed by atoms with Crippen LogP contribution in [0.4, 0.5) is 0 Å². The van der Waals surface area contributed by atoms with Crippen molar-refractivity contribution in [3.8, 4) is 0 Å². The molecular weight excluding hydrogens is 222 g/mol. The molecule has 0 bridgehead atoms. The zero-order valence-corrected chi connectivity index (χ0v) is 10.8. The lowest BCUT2D eigenvalue weighted by molar-refractivity contribution is -0.124. The number of carbonyl (C=O) groups is 1. The van der Waals surface area contributed by atoms with Crippen LogP contribution in [0, 0.1) is 11.8 Å². The summed E-state index contributed by atoms with van der Waals surface area (Å²) in [5.74, 6) is -0.839. The predicted octanol–water partition coefficient (Wildman–Crippen LogP) is 0.548. The smallest absolute Gasteiger partial charge is 0.231 e. The van der Waals surface area contributed by atoms with E-state index >= 15 is 0 Å². The van der Waals surface area contributed by atoms with E-state index in [0.29, 0.717) is 13.2 Å². The zero-order chi connectivity index (χ0) is 13.3. The lowest BCUT2D eigenvalue weighted by Crippen LogP contribution is -2.42. The van der Waals surface area contributed by atoms with Gasteiger partial charge in [-0.05, 0) is 18.8 Å². The zero-order valence-electron chi connectivity index (χ0n) is 10.8. The number of nitrogens with two attached hydrogens (primary N) is 1. The number of oxime groups is 1. The molecule has 0 aromatic heterocycles. The van der Waals surface area contributed by atoms with Crippen molar-refractivity contribution in [1.29, 1.82) is 0 Å². The highest BCUT2D eigenvalue weighted by Gasteiger charge is 2.26.